The van der Waals surface area contributed by atoms with Gasteiger partial charge in [0.1, 0.15) is 0 Å². The van der Waals surface area contributed by atoms with Crippen molar-refractivity contribution in [2.75, 3.05) is 0 Å². The molecule has 0 aromatic heterocycles. The maximum absolute atomic E-state index is 5.68. The Labute approximate surface area is 60.9 Å². The summed E-state index contributed by atoms with van der Waals surface area (Å²) in [6, 6.07) is 11.5. The molecule has 2 N–H and O–H groups in total. The van der Waals surface area contributed by atoms with Crippen LogP contribution in [-0.2, 0) is 0 Å². The average molecular weight is 132 g/mol. The lowest BCUT2D eigenvalue weighted by molar-refractivity contribution is 0.990. The Balaban J connectivity index is 2.20. The fourth-order valence-electron chi connectivity index (χ4n) is 1.24. The van der Waals surface area contributed by atoms with E-state index in [4.69, 9.17) is 5.73 Å². The minimum absolute atomic E-state index is 0.413. The van der Waals surface area contributed by atoms with E-state index in [9.17, 15) is 0 Å². The van der Waals surface area contributed by atoms with Crippen molar-refractivity contribution in [2.24, 2.45) is 5.73 Å². The molecule has 0 heterocycles. The van der Waals surface area contributed by atoms with Gasteiger partial charge in [-0.3, -0.25) is 0 Å². The predicted octanol–water partition coefficient (Wildman–Crippen LogP) is 1.30. The van der Waals surface area contributed by atoms with Crippen molar-refractivity contribution >= 4 is 0 Å². The summed E-state index contributed by atoms with van der Waals surface area (Å²) in [7, 11) is 0. The highest BCUT2D eigenvalue weighted by atomic mass is 14.7. The van der Waals surface area contributed by atoms with Crippen molar-refractivity contribution in [1.29, 1.82) is 0 Å². The highest BCUT2D eigenvalue weighted by Crippen LogP contribution is 2.38. The van der Waals surface area contributed by atoms with Gasteiger partial charge < -0.3 is 5.73 Å². The molecule has 1 heteroatoms. The summed E-state index contributed by atoms with van der Waals surface area (Å²) < 4.78 is 0. The molecule has 0 amide bonds. The van der Waals surface area contributed by atoms with Gasteiger partial charge in [-0.2, -0.15) is 0 Å². The van der Waals surface area contributed by atoms with Crippen LogP contribution in [0.25, 0.3) is 0 Å². The number of nitrogens with two attached hydrogens (primary N) is 1. The molecular weight excluding hydrogens is 122 g/mol. The Hall–Kier alpha value is -0.820. The van der Waals surface area contributed by atoms with E-state index >= 15 is 0 Å². The molecule has 2 rings (SSSR count). The minimum Gasteiger partial charge on any atom is -0.327 e. The van der Waals surface area contributed by atoms with Gasteiger partial charge in [-0.1, -0.05) is 24.3 Å². The van der Waals surface area contributed by atoms with E-state index in [0.29, 0.717) is 12.0 Å². The van der Waals surface area contributed by atoms with Gasteiger partial charge in [-0.25, -0.2) is 0 Å². The van der Waals surface area contributed by atoms with Gasteiger partial charge in [0.15, 0.2) is 0 Å². The van der Waals surface area contributed by atoms with E-state index in [1.807, 2.05) is 18.2 Å². The summed E-state index contributed by atoms with van der Waals surface area (Å²) in [6.07, 6.45) is 1.15. The van der Waals surface area contributed by atoms with E-state index in [0.717, 1.165) is 6.42 Å². The van der Waals surface area contributed by atoms with E-state index in [2.05, 4.69) is 12.1 Å². The van der Waals surface area contributed by atoms with E-state index in [-0.39, 0.29) is 0 Å². The maximum Gasteiger partial charge on any atom is 0.0115 e. The maximum atomic E-state index is 5.68. The van der Waals surface area contributed by atoms with Crippen LogP contribution in [0.1, 0.15) is 17.9 Å². The molecule has 2 atom stereocenters. The molecule has 10 heavy (non-hydrogen) atoms. The lowest BCUT2D eigenvalue weighted by Gasteiger charge is -1.94. The number of hydrogen-bond donors (Lipinski definition) is 1. The van der Waals surface area contributed by atoms with Crippen molar-refractivity contribution in [3.05, 3.63) is 35.9 Å². The Bertz CT molecular complexity index is 217. The molecule has 1 nitrogen and oxygen atoms in total. The molecule has 0 saturated heterocycles. The van der Waals surface area contributed by atoms with Crippen LogP contribution in [0.2, 0.25) is 0 Å². The lowest BCUT2D eigenvalue weighted by Crippen LogP contribution is -2.00. The molecule has 1 aliphatic carbocycles. The zero-order valence-electron chi connectivity index (χ0n) is 5.75. The van der Waals surface area contributed by atoms with Crippen molar-refractivity contribution in [3.63, 3.8) is 0 Å². The predicted molar refractivity (Wildman–Crippen MR) is 40.6 cm³/mol. The minimum atomic E-state index is 0.413. The zero-order chi connectivity index (χ0) is 6.97. The molecular formula is C9H10N. The highest BCUT2D eigenvalue weighted by molar-refractivity contribution is 5.26. The molecule has 2 unspecified atom stereocenters. The highest BCUT2D eigenvalue weighted by Gasteiger charge is 2.34. The van der Waals surface area contributed by atoms with Gasteiger partial charge in [-0.05, 0) is 18.1 Å². The normalized spacial score (nSPS) is 30.1. The number of benzene rings is 1. The molecule has 1 radical (unpaired) electrons. The Kier molecular flexibility index (Phi) is 1.24. The van der Waals surface area contributed by atoms with Crippen LogP contribution >= 0.6 is 0 Å². The van der Waals surface area contributed by atoms with Gasteiger partial charge >= 0.3 is 0 Å². The summed E-state index contributed by atoms with van der Waals surface area (Å²) in [6.45, 7) is 0. The first-order valence-electron chi connectivity index (χ1n) is 3.59. The van der Waals surface area contributed by atoms with Crippen molar-refractivity contribution in [3.8, 4) is 0 Å². The third-order valence-corrected chi connectivity index (χ3v) is 2.00. The second-order valence-corrected chi connectivity index (χ2v) is 2.84. The topological polar surface area (TPSA) is 26.0 Å². The molecule has 1 aliphatic rings. The Morgan fingerprint density at radius 3 is 2.90 bits per heavy atom. The van der Waals surface area contributed by atoms with Gasteiger partial charge in [0.2, 0.25) is 0 Å². The molecule has 1 aromatic carbocycles. The monoisotopic (exact) mass is 132 g/mol. The first-order valence-corrected chi connectivity index (χ1v) is 3.59. The summed E-state index contributed by atoms with van der Waals surface area (Å²) >= 11 is 0. The van der Waals surface area contributed by atoms with Gasteiger partial charge in [0.05, 0.1) is 0 Å². The van der Waals surface area contributed by atoms with Gasteiger partial charge in [-0.15, -0.1) is 0 Å². The molecule has 1 fully saturated rings. The number of hydrogen-bond acceptors (Lipinski definition) is 1. The fraction of sp³-hybridized carbons (Fsp3) is 0.333. The van der Waals surface area contributed by atoms with E-state index in [1.54, 1.807) is 0 Å². The third kappa shape index (κ3) is 0.929. The van der Waals surface area contributed by atoms with Crippen LogP contribution in [0.3, 0.4) is 0 Å². The second-order valence-electron chi connectivity index (χ2n) is 2.84. The SMILES string of the molecule is NC1CC1c1c[c]ccc1. The van der Waals surface area contributed by atoms with Crippen LogP contribution in [0.15, 0.2) is 24.3 Å². The summed E-state index contributed by atoms with van der Waals surface area (Å²) in [5.41, 5.74) is 7.03. The van der Waals surface area contributed by atoms with Crippen LogP contribution in [-0.4, -0.2) is 6.04 Å². The zero-order valence-corrected chi connectivity index (χ0v) is 5.75. The Morgan fingerprint density at radius 1 is 1.60 bits per heavy atom. The van der Waals surface area contributed by atoms with Crippen molar-refractivity contribution in [2.45, 2.75) is 18.4 Å². The lowest BCUT2D eigenvalue weighted by atomic mass is 10.1. The molecule has 1 saturated carbocycles. The molecule has 0 spiro atoms. The first kappa shape index (κ1) is 5.93. The molecule has 51 valence electrons. The van der Waals surface area contributed by atoms with E-state index in [1.165, 1.54) is 5.56 Å². The summed E-state index contributed by atoms with van der Waals surface area (Å²) in [5, 5.41) is 0. The van der Waals surface area contributed by atoms with Crippen molar-refractivity contribution in [1.82, 2.24) is 0 Å². The van der Waals surface area contributed by atoms with Crippen molar-refractivity contribution < 1.29 is 0 Å². The summed E-state index contributed by atoms with van der Waals surface area (Å²) in [5.74, 6) is 0.623. The van der Waals surface area contributed by atoms with Crippen LogP contribution in [0.4, 0.5) is 0 Å². The van der Waals surface area contributed by atoms with Crippen LogP contribution < -0.4 is 5.73 Å². The quantitative estimate of drug-likeness (QED) is 0.612. The largest absolute Gasteiger partial charge is 0.327 e. The third-order valence-electron chi connectivity index (χ3n) is 2.00. The second kappa shape index (κ2) is 2.10. The average Bonchev–Trinajstić information content (AvgIpc) is 2.69. The standard InChI is InChI=1S/C9H10N/c10-9-6-8(9)7-4-2-1-3-5-7/h1-2,4-5,8-9H,6,10H2. The molecule has 1 aromatic rings. The fourth-order valence-corrected chi connectivity index (χ4v) is 1.24. The Morgan fingerprint density at radius 2 is 2.40 bits per heavy atom. The van der Waals surface area contributed by atoms with Crippen LogP contribution in [0, 0.1) is 6.07 Å². The smallest absolute Gasteiger partial charge is 0.0115 e. The van der Waals surface area contributed by atoms with E-state index < -0.39 is 0 Å². The van der Waals surface area contributed by atoms with Gasteiger partial charge in [0.25, 0.3) is 0 Å². The molecule has 0 aliphatic heterocycles. The molecule has 0 bridgehead atoms. The summed E-state index contributed by atoms with van der Waals surface area (Å²) in [4.78, 5) is 0. The number of rotatable bonds is 1. The van der Waals surface area contributed by atoms with Crippen LogP contribution in [0.5, 0.6) is 0 Å². The van der Waals surface area contributed by atoms with Gasteiger partial charge in [0, 0.05) is 12.0 Å². The first-order chi connectivity index (χ1) is 4.88.